The van der Waals surface area contributed by atoms with Gasteiger partial charge in [0.1, 0.15) is 6.61 Å². The van der Waals surface area contributed by atoms with Gasteiger partial charge in [-0.3, -0.25) is 18.6 Å². The molecule has 0 bridgehead atoms. The molecule has 0 saturated heterocycles. The molecule has 0 aliphatic heterocycles. The number of phosphoric acid groups is 1. The lowest BCUT2D eigenvalue weighted by Gasteiger charge is -2.19. The molecule has 0 heterocycles. The fourth-order valence-electron chi connectivity index (χ4n) is 6.61. The second-order valence-electron chi connectivity index (χ2n) is 16.3. The summed E-state index contributed by atoms with van der Waals surface area (Å²) in [5.41, 5.74) is 5.35. The molecule has 2 atom stereocenters. The Bertz CT molecular complexity index is 1300. The highest BCUT2D eigenvalue weighted by Gasteiger charge is 2.25. The van der Waals surface area contributed by atoms with E-state index < -0.39 is 32.5 Å². The normalized spacial score (nSPS) is 13.9. The molecule has 0 radical (unpaired) electrons. The first-order valence-electron chi connectivity index (χ1n) is 25.1. The van der Waals surface area contributed by atoms with Crippen molar-refractivity contribution in [2.75, 3.05) is 26.4 Å². The first-order chi connectivity index (χ1) is 30.8. The van der Waals surface area contributed by atoms with Crippen molar-refractivity contribution in [3.8, 4) is 0 Å². The van der Waals surface area contributed by atoms with Gasteiger partial charge >= 0.3 is 19.8 Å². The Morgan fingerprint density at radius 3 is 1.37 bits per heavy atom. The van der Waals surface area contributed by atoms with E-state index in [1.165, 1.54) is 116 Å². The Balaban J connectivity index is 4.18. The molecule has 0 spiro atoms. The van der Waals surface area contributed by atoms with Gasteiger partial charge in [0, 0.05) is 19.4 Å². The van der Waals surface area contributed by atoms with Crippen LogP contribution < -0.4 is 5.73 Å². The quantitative estimate of drug-likeness (QED) is 0.0265. The van der Waals surface area contributed by atoms with Crippen LogP contribution in [0.3, 0.4) is 0 Å². The van der Waals surface area contributed by atoms with Crippen LogP contribution in [0.1, 0.15) is 206 Å². The van der Waals surface area contributed by atoms with Gasteiger partial charge in [0.2, 0.25) is 0 Å². The SMILES string of the molecule is CC/C=C/C/C=C/C/C=C/C/C=C/C/C=C/C/C=C/CCC(=O)O[C@H](COC(=O)CCC/C=C/CCCCCCCCCCCCCCCCCCCC)COP(=O)(O)OCCN. The average Bonchev–Trinajstić information content (AvgIpc) is 3.27. The zero-order valence-corrected chi connectivity index (χ0v) is 40.9. The molecule has 0 aliphatic carbocycles. The monoisotopic (exact) mass is 902 g/mol. The highest BCUT2D eigenvalue weighted by molar-refractivity contribution is 7.47. The molecule has 0 aromatic carbocycles. The van der Waals surface area contributed by atoms with Gasteiger partial charge < -0.3 is 20.1 Å². The van der Waals surface area contributed by atoms with Crippen molar-refractivity contribution in [2.45, 2.75) is 213 Å². The lowest BCUT2D eigenvalue weighted by Crippen LogP contribution is -2.29. The fourth-order valence-corrected chi connectivity index (χ4v) is 7.37. The molecule has 0 aromatic heterocycles. The molecule has 0 saturated carbocycles. The third kappa shape index (κ3) is 48.5. The predicted molar refractivity (Wildman–Crippen MR) is 265 cm³/mol. The molecule has 3 N–H and O–H groups in total. The standard InChI is InChI=1S/C53H92NO8P/c1-3-5-7-9-11-13-15-17-19-21-23-24-25-26-28-29-31-33-35-37-39-41-43-45-52(55)59-49-51(50-61-63(57,58)60-48-47-54)62-53(56)46-44-42-40-38-36-34-32-30-27-22-20-18-16-14-12-10-8-6-4-2/h6,8,12,14,18,20,27,30,34,36-37,39-40,42,51H,3-5,7,9-11,13,15-17,19,21-26,28-29,31-33,35,38,41,43-50,54H2,1-2H3,(H,57,58)/b8-6+,14-12+,20-18+,30-27+,36-34+,39-37+,42-40+/t51-/m1/s1. The topological polar surface area (TPSA) is 134 Å². The van der Waals surface area contributed by atoms with E-state index >= 15 is 0 Å². The molecule has 63 heavy (non-hydrogen) atoms. The minimum Gasteiger partial charge on any atom is -0.462 e. The van der Waals surface area contributed by atoms with Crippen LogP contribution in [0.5, 0.6) is 0 Å². The largest absolute Gasteiger partial charge is 0.472 e. The van der Waals surface area contributed by atoms with Crippen LogP contribution >= 0.6 is 7.82 Å². The zero-order valence-electron chi connectivity index (χ0n) is 40.0. The second kappa shape index (κ2) is 48.6. The van der Waals surface area contributed by atoms with Gasteiger partial charge in [-0.25, -0.2) is 4.57 Å². The number of esters is 2. The number of allylic oxidation sites excluding steroid dienone is 14. The maximum atomic E-state index is 12.6. The minimum absolute atomic E-state index is 0.0350. The van der Waals surface area contributed by atoms with Crippen molar-refractivity contribution in [1.29, 1.82) is 0 Å². The van der Waals surface area contributed by atoms with Crippen molar-refractivity contribution >= 4 is 19.8 Å². The van der Waals surface area contributed by atoms with Crippen LogP contribution in [-0.4, -0.2) is 49.3 Å². The summed E-state index contributed by atoms with van der Waals surface area (Å²) in [5, 5.41) is 0. The Hall–Kier alpha value is -2.81. The third-order valence-corrected chi connectivity index (χ3v) is 11.3. The summed E-state index contributed by atoms with van der Waals surface area (Å²) >= 11 is 0. The highest BCUT2D eigenvalue weighted by atomic mass is 31.2. The van der Waals surface area contributed by atoms with Crippen LogP contribution in [0.25, 0.3) is 0 Å². The number of carbonyl (C=O) groups excluding carboxylic acids is 2. The number of unbranched alkanes of at least 4 members (excludes halogenated alkanes) is 19. The molecule has 0 aliphatic rings. The predicted octanol–water partition coefficient (Wildman–Crippen LogP) is 15.2. The van der Waals surface area contributed by atoms with Crippen molar-refractivity contribution < 1.29 is 37.6 Å². The van der Waals surface area contributed by atoms with Crippen LogP contribution in [0.4, 0.5) is 0 Å². The maximum Gasteiger partial charge on any atom is 0.472 e. The summed E-state index contributed by atoms with van der Waals surface area (Å²) < 4.78 is 32.8. The molecule has 0 aromatic rings. The van der Waals surface area contributed by atoms with E-state index in [4.69, 9.17) is 24.3 Å². The third-order valence-electron chi connectivity index (χ3n) is 10.3. The van der Waals surface area contributed by atoms with Gasteiger partial charge in [0.05, 0.1) is 13.2 Å². The van der Waals surface area contributed by atoms with Gasteiger partial charge in [0.25, 0.3) is 0 Å². The molecule has 0 rings (SSSR count). The highest BCUT2D eigenvalue weighted by Crippen LogP contribution is 2.43. The van der Waals surface area contributed by atoms with Gasteiger partial charge in [-0.05, 0) is 70.6 Å². The number of phosphoric ester groups is 1. The minimum atomic E-state index is -4.41. The van der Waals surface area contributed by atoms with Crippen molar-refractivity contribution in [2.24, 2.45) is 5.73 Å². The van der Waals surface area contributed by atoms with Gasteiger partial charge in [-0.2, -0.15) is 0 Å². The molecule has 0 fully saturated rings. The summed E-state index contributed by atoms with van der Waals surface area (Å²) in [4.78, 5) is 35.0. The molecule has 9 nitrogen and oxygen atoms in total. The number of rotatable bonds is 46. The molecule has 362 valence electrons. The maximum absolute atomic E-state index is 12.6. The van der Waals surface area contributed by atoms with Crippen LogP contribution in [0.15, 0.2) is 85.1 Å². The van der Waals surface area contributed by atoms with Crippen LogP contribution in [0, 0.1) is 0 Å². The Labute approximate surface area is 385 Å². The Morgan fingerprint density at radius 2 is 0.905 bits per heavy atom. The molecule has 10 heteroatoms. The van der Waals surface area contributed by atoms with Crippen LogP contribution in [-0.2, 0) is 32.7 Å². The summed E-state index contributed by atoms with van der Waals surface area (Å²) in [7, 11) is -4.41. The van der Waals surface area contributed by atoms with E-state index in [1.54, 1.807) is 0 Å². The summed E-state index contributed by atoms with van der Waals surface area (Å²) in [5.74, 6) is -0.965. The summed E-state index contributed by atoms with van der Waals surface area (Å²) in [6, 6.07) is 0. The lowest BCUT2D eigenvalue weighted by atomic mass is 10.0. The lowest BCUT2D eigenvalue weighted by molar-refractivity contribution is -0.161. The Kier molecular flexibility index (Phi) is 46.5. The van der Waals surface area contributed by atoms with E-state index in [0.717, 1.165) is 51.4 Å². The molecule has 1 unspecified atom stereocenters. The number of carbonyl (C=O) groups is 2. The molecule has 0 amide bonds. The first kappa shape index (κ1) is 60.2. The van der Waals surface area contributed by atoms with E-state index in [-0.39, 0.29) is 32.6 Å². The smallest absolute Gasteiger partial charge is 0.462 e. The van der Waals surface area contributed by atoms with E-state index in [0.29, 0.717) is 12.8 Å². The van der Waals surface area contributed by atoms with Crippen molar-refractivity contribution in [3.05, 3.63) is 85.1 Å². The number of nitrogens with two attached hydrogens (primary N) is 1. The van der Waals surface area contributed by atoms with E-state index in [1.807, 2.05) is 12.2 Å². The second-order valence-corrected chi connectivity index (χ2v) is 17.8. The van der Waals surface area contributed by atoms with Crippen molar-refractivity contribution in [1.82, 2.24) is 0 Å². The molecular weight excluding hydrogens is 810 g/mol. The summed E-state index contributed by atoms with van der Waals surface area (Å²) in [6.45, 7) is 3.51. The first-order valence-corrected chi connectivity index (χ1v) is 26.6. The summed E-state index contributed by atoms with van der Waals surface area (Å²) in [6.07, 6.45) is 62.3. The zero-order chi connectivity index (χ0) is 46.0. The Morgan fingerprint density at radius 1 is 0.492 bits per heavy atom. The van der Waals surface area contributed by atoms with Crippen LogP contribution in [0.2, 0.25) is 0 Å². The molecular formula is C53H92NO8P. The number of hydrogen-bond donors (Lipinski definition) is 2. The van der Waals surface area contributed by atoms with Gasteiger partial charge in [-0.1, -0.05) is 208 Å². The fraction of sp³-hybridized carbons (Fsp3) is 0.698. The van der Waals surface area contributed by atoms with Crippen molar-refractivity contribution in [3.63, 3.8) is 0 Å². The number of ether oxygens (including phenoxy) is 2. The average molecular weight is 902 g/mol. The van der Waals surface area contributed by atoms with Gasteiger partial charge in [-0.15, -0.1) is 0 Å². The van der Waals surface area contributed by atoms with E-state index in [2.05, 4.69) is 86.8 Å². The van der Waals surface area contributed by atoms with Gasteiger partial charge in [0.15, 0.2) is 6.10 Å². The van der Waals surface area contributed by atoms with E-state index in [9.17, 15) is 19.0 Å². The number of hydrogen-bond acceptors (Lipinski definition) is 8.